The van der Waals surface area contributed by atoms with Gasteiger partial charge in [-0.2, -0.15) is 0 Å². The van der Waals surface area contributed by atoms with E-state index in [4.69, 9.17) is 11.6 Å². The molecule has 0 aromatic heterocycles. The molecule has 5 heteroatoms. The van der Waals surface area contributed by atoms with Crippen molar-refractivity contribution in [3.05, 3.63) is 34.6 Å². The van der Waals surface area contributed by atoms with Gasteiger partial charge in [0.2, 0.25) is 0 Å². The molecule has 0 bridgehead atoms. The first-order valence-electron chi connectivity index (χ1n) is 6.06. The van der Waals surface area contributed by atoms with Gasteiger partial charge in [-0.25, -0.2) is 4.39 Å². The normalized spacial score (nSPS) is 13.2. The van der Waals surface area contributed by atoms with Gasteiger partial charge >= 0.3 is 0 Å². The maximum atomic E-state index is 13.2. The molecule has 0 radical (unpaired) electrons. The summed E-state index contributed by atoms with van der Waals surface area (Å²) in [7, 11) is 0. The molecular formula is C14H18BrClFNO. The number of benzene rings is 1. The lowest BCUT2D eigenvalue weighted by Gasteiger charge is -2.22. The molecule has 0 spiro atoms. The molecule has 0 saturated carbocycles. The molecule has 1 amide bonds. The number of hydrogen-bond donors (Lipinski definition) is 1. The van der Waals surface area contributed by atoms with Crippen LogP contribution in [0.3, 0.4) is 0 Å². The minimum Gasteiger partial charge on any atom is -0.351 e. The Bertz CT molecular complexity index is 459. The second-order valence-electron chi connectivity index (χ2n) is 5.70. The SMILES string of the molecule is CC(C)(C)CC(Br)CNC(=O)c1ccc(Cl)c(F)c1. The van der Waals surface area contributed by atoms with Gasteiger partial charge in [0, 0.05) is 16.9 Å². The molecule has 0 aliphatic heterocycles. The molecule has 0 fully saturated rings. The van der Waals surface area contributed by atoms with E-state index in [1.54, 1.807) is 0 Å². The lowest BCUT2D eigenvalue weighted by molar-refractivity contribution is 0.0952. The van der Waals surface area contributed by atoms with E-state index < -0.39 is 5.82 Å². The Morgan fingerprint density at radius 3 is 2.63 bits per heavy atom. The zero-order valence-corrected chi connectivity index (χ0v) is 13.6. The summed E-state index contributed by atoms with van der Waals surface area (Å²) >= 11 is 9.10. The van der Waals surface area contributed by atoms with Crippen LogP contribution >= 0.6 is 27.5 Å². The van der Waals surface area contributed by atoms with Gasteiger partial charge in [-0.1, -0.05) is 48.3 Å². The molecule has 0 saturated heterocycles. The van der Waals surface area contributed by atoms with Crippen molar-refractivity contribution in [2.24, 2.45) is 5.41 Å². The van der Waals surface area contributed by atoms with E-state index in [9.17, 15) is 9.18 Å². The Hall–Kier alpha value is -0.610. The van der Waals surface area contributed by atoms with Crippen molar-refractivity contribution in [1.29, 1.82) is 0 Å². The highest BCUT2D eigenvalue weighted by molar-refractivity contribution is 9.09. The standard InChI is InChI=1S/C14H18BrClFNO/c1-14(2,3)7-10(15)8-18-13(19)9-4-5-11(16)12(17)6-9/h4-6,10H,7-8H2,1-3H3,(H,18,19). The number of hydrogen-bond acceptors (Lipinski definition) is 1. The van der Waals surface area contributed by atoms with E-state index in [-0.39, 0.29) is 26.7 Å². The van der Waals surface area contributed by atoms with Crippen molar-refractivity contribution in [2.45, 2.75) is 32.0 Å². The van der Waals surface area contributed by atoms with E-state index in [1.165, 1.54) is 12.1 Å². The Morgan fingerprint density at radius 1 is 1.47 bits per heavy atom. The minimum atomic E-state index is -0.584. The zero-order chi connectivity index (χ0) is 14.6. The summed E-state index contributed by atoms with van der Waals surface area (Å²) in [5.41, 5.74) is 0.461. The second kappa shape index (κ2) is 6.71. The molecule has 0 aliphatic carbocycles. The summed E-state index contributed by atoms with van der Waals surface area (Å²) in [5.74, 6) is -0.881. The average molecular weight is 351 g/mol. The van der Waals surface area contributed by atoms with Crippen LogP contribution in [-0.2, 0) is 0 Å². The molecule has 106 valence electrons. The van der Waals surface area contributed by atoms with Crippen LogP contribution in [0.15, 0.2) is 18.2 Å². The quantitative estimate of drug-likeness (QED) is 0.801. The number of halogens is 3. The number of amides is 1. The highest BCUT2D eigenvalue weighted by Crippen LogP contribution is 2.24. The van der Waals surface area contributed by atoms with Gasteiger partial charge in [0.15, 0.2) is 0 Å². The average Bonchev–Trinajstić information content (AvgIpc) is 2.27. The lowest BCUT2D eigenvalue weighted by atomic mass is 9.90. The summed E-state index contributed by atoms with van der Waals surface area (Å²) < 4.78 is 13.2. The van der Waals surface area contributed by atoms with Gasteiger partial charge in [-0.15, -0.1) is 0 Å². The fraction of sp³-hybridized carbons (Fsp3) is 0.500. The third kappa shape index (κ3) is 5.91. The predicted octanol–water partition coefficient (Wildman–Crippen LogP) is 4.41. The number of nitrogens with one attached hydrogen (secondary N) is 1. The van der Waals surface area contributed by atoms with E-state index >= 15 is 0 Å². The van der Waals surface area contributed by atoms with Crippen LogP contribution < -0.4 is 5.32 Å². The summed E-state index contributed by atoms with van der Waals surface area (Å²) in [6, 6.07) is 4.03. The molecule has 1 atom stereocenters. The number of carbonyl (C=O) groups is 1. The lowest BCUT2D eigenvalue weighted by Crippen LogP contribution is -2.31. The number of rotatable bonds is 4. The van der Waals surface area contributed by atoms with Gasteiger partial charge in [0.05, 0.1) is 5.02 Å². The maximum absolute atomic E-state index is 13.2. The minimum absolute atomic E-state index is 0.0163. The second-order valence-corrected chi connectivity index (χ2v) is 7.40. The van der Waals surface area contributed by atoms with Crippen LogP contribution in [-0.4, -0.2) is 17.3 Å². The van der Waals surface area contributed by atoms with Crippen molar-refractivity contribution < 1.29 is 9.18 Å². The molecule has 1 N–H and O–H groups in total. The third-order valence-corrected chi connectivity index (χ3v) is 3.45. The first-order valence-corrected chi connectivity index (χ1v) is 7.36. The van der Waals surface area contributed by atoms with Crippen LogP contribution in [0.25, 0.3) is 0 Å². The fourth-order valence-corrected chi connectivity index (χ4v) is 2.93. The van der Waals surface area contributed by atoms with Gasteiger partial charge in [-0.3, -0.25) is 4.79 Å². The summed E-state index contributed by atoms with van der Waals surface area (Å²) in [6.07, 6.45) is 0.933. The van der Waals surface area contributed by atoms with Crippen LogP contribution in [0.2, 0.25) is 5.02 Å². The van der Waals surface area contributed by atoms with E-state index in [2.05, 4.69) is 42.0 Å². The molecule has 0 heterocycles. The molecule has 19 heavy (non-hydrogen) atoms. The molecular weight excluding hydrogens is 333 g/mol. The Kier molecular flexibility index (Phi) is 5.81. The van der Waals surface area contributed by atoms with Crippen molar-refractivity contribution in [1.82, 2.24) is 5.32 Å². The first kappa shape index (κ1) is 16.4. The van der Waals surface area contributed by atoms with Crippen LogP contribution in [0.4, 0.5) is 4.39 Å². The zero-order valence-electron chi connectivity index (χ0n) is 11.3. The van der Waals surface area contributed by atoms with Gasteiger partial charge in [-0.05, 0) is 30.0 Å². The van der Waals surface area contributed by atoms with Crippen molar-refractivity contribution in [3.63, 3.8) is 0 Å². The summed E-state index contributed by atoms with van der Waals surface area (Å²) in [6.45, 7) is 6.91. The molecule has 2 nitrogen and oxygen atoms in total. The van der Waals surface area contributed by atoms with Crippen LogP contribution in [0.5, 0.6) is 0 Å². The van der Waals surface area contributed by atoms with Crippen molar-refractivity contribution in [2.75, 3.05) is 6.54 Å². The topological polar surface area (TPSA) is 29.1 Å². The Labute approximate surface area is 126 Å². The van der Waals surface area contributed by atoms with Crippen LogP contribution in [0.1, 0.15) is 37.6 Å². The molecule has 1 rings (SSSR count). The molecule has 1 aromatic rings. The Morgan fingerprint density at radius 2 is 2.11 bits per heavy atom. The van der Waals surface area contributed by atoms with Gasteiger partial charge in [0.1, 0.15) is 5.82 Å². The smallest absolute Gasteiger partial charge is 0.251 e. The highest BCUT2D eigenvalue weighted by atomic mass is 79.9. The predicted molar refractivity (Wildman–Crippen MR) is 80.5 cm³/mol. The maximum Gasteiger partial charge on any atom is 0.251 e. The summed E-state index contributed by atoms with van der Waals surface area (Å²) in [4.78, 5) is 12.0. The fourth-order valence-electron chi connectivity index (χ4n) is 1.68. The van der Waals surface area contributed by atoms with Crippen LogP contribution in [0, 0.1) is 11.2 Å². The van der Waals surface area contributed by atoms with E-state index in [0.717, 1.165) is 12.5 Å². The summed E-state index contributed by atoms with van der Waals surface area (Å²) in [5, 5.41) is 2.79. The molecule has 1 aromatic carbocycles. The molecule has 0 aliphatic rings. The molecule has 1 unspecified atom stereocenters. The number of alkyl halides is 1. The first-order chi connectivity index (χ1) is 8.69. The monoisotopic (exact) mass is 349 g/mol. The Balaban J connectivity index is 2.53. The van der Waals surface area contributed by atoms with Crippen molar-refractivity contribution >= 4 is 33.4 Å². The van der Waals surface area contributed by atoms with Crippen molar-refractivity contribution in [3.8, 4) is 0 Å². The third-order valence-electron chi connectivity index (χ3n) is 2.50. The highest BCUT2D eigenvalue weighted by Gasteiger charge is 2.17. The van der Waals surface area contributed by atoms with E-state index in [1.807, 2.05) is 0 Å². The number of carbonyl (C=O) groups excluding carboxylic acids is 1. The largest absolute Gasteiger partial charge is 0.351 e. The van der Waals surface area contributed by atoms with Gasteiger partial charge < -0.3 is 5.32 Å². The van der Waals surface area contributed by atoms with Gasteiger partial charge in [0.25, 0.3) is 5.91 Å². The van der Waals surface area contributed by atoms with E-state index in [0.29, 0.717) is 6.54 Å².